The van der Waals surface area contributed by atoms with Crippen LogP contribution in [-0.4, -0.2) is 36.4 Å². The second kappa shape index (κ2) is 9.97. The first kappa shape index (κ1) is 20.8. The summed E-state index contributed by atoms with van der Waals surface area (Å²) in [6.45, 7) is 4.42. The van der Waals surface area contributed by atoms with Gasteiger partial charge in [0.2, 0.25) is 11.8 Å². The number of likely N-dealkylation sites (N-methyl/N-ethyl adjacent to an activating group) is 1. The van der Waals surface area contributed by atoms with E-state index >= 15 is 0 Å². The second-order valence-corrected chi connectivity index (χ2v) is 6.69. The molecule has 0 fully saturated rings. The van der Waals surface area contributed by atoms with Gasteiger partial charge in [-0.15, -0.1) is 0 Å². The smallest absolute Gasteiger partial charge is 0.242 e. The molecule has 0 aliphatic rings. The van der Waals surface area contributed by atoms with Gasteiger partial charge in [-0.1, -0.05) is 35.9 Å². The zero-order valence-corrected chi connectivity index (χ0v) is 16.6. The number of benzene rings is 2. The predicted molar refractivity (Wildman–Crippen MR) is 107 cm³/mol. The normalized spacial score (nSPS) is 11.6. The summed E-state index contributed by atoms with van der Waals surface area (Å²) in [6, 6.07) is 14.1. The summed E-state index contributed by atoms with van der Waals surface area (Å²) in [5, 5.41) is 3.36. The van der Waals surface area contributed by atoms with Crippen molar-refractivity contribution in [2.75, 3.05) is 13.7 Å². The lowest BCUT2D eigenvalue weighted by atomic mass is 10.1. The molecular weight excluding hydrogens is 364 g/mol. The summed E-state index contributed by atoms with van der Waals surface area (Å²) in [7, 11) is 1.60. The van der Waals surface area contributed by atoms with E-state index in [9.17, 15) is 9.59 Å². The van der Waals surface area contributed by atoms with Gasteiger partial charge in [-0.3, -0.25) is 9.59 Å². The van der Waals surface area contributed by atoms with Gasteiger partial charge in [-0.25, -0.2) is 0 Å². The summed E-state index contributed by atoms with van der Waals surface area (Å²) < 4.78 is 5.25. The van der Waals surface area contributed by atoms with Crippen LogP contribution in [0.1, 0.15) is 25.0 Å². The SMILES string of the molecule is CCNC(=O)C(C)N(Cc1cccc(OC)c1)C(=O)Cc1cccc(Cl)c1. The number of rotatable bonds is 8. The molecule has 27 heavy (non-hydrogen) atoms. The van der Waals surface area contributed by atoms with Crippen molar-refractivity contribution in [1.29, 1.82) is 0 Å². The molecule has 6 heteroatoms. The minimum absolute atomic E-state index is 0.140. The summed E-state index contributed by atoms with van der Waals surface area (Å²) in [6.07, 6.45) is 0.175. The number of halogens is 1. The summed E-state index contributed by atoms with van der Waals surface area (Å²) in [4.78, 5) is 26.9. The quantitative estimate of drug-likeness (QED) is 0.753. The van der Waals surface area contributed by atoms with Crippen LogP contribution in [0.25, 0.3) is 0 Å². The van der Waals surface area contributed by atoms with E-state index < -0.39 is 6.04 Å². The van der Waals surface area contributed by atoms with Crippen molar-refractivity contribution in [3.63, 3.8) is 0 Å². The van der Waals surface area contributed by atoms with E-state index in [1.54, 1.807) is 31.1 Å². The highest BCUT2D eigenvalue weighted by Crippen LogP contribution is 2.18. The number of methoxy groups -OCH3 is 1. The first-order valence-corrected chi connectivity index (χ1v) is 9.27. The lowest BCUT2D eigenvalue weighted by molar-refractivity contribution is -0.140. The molecule has 0 bridgehead atoms. The fourth-order valence-corrected chi connectivity index (χ4v) is 3.01. The number of nitrogens with zero attached hydrogens (tertiary/aromatic N) is 1. The first-order valence-electron chi connectivity index (χ1n) is 8.89. The zero-order valence-electron chi connectivity index (χ0n) is 15.9. The highest BCUT2D eigenvalue weighted by molar-refractivity contribution is 6.30. The van der Waals surface area contributed by atoms with Crippen molar-refractivity contribution in [2.45, 2.75) is 32.9 Å². The van der Waals surface area contributed by atoms with Crippen LogP contribution < -0.4 is 10.1 Å². The average Bonchev–Trinajstić information content (AvgIpc) is 2.66. The molecule has 0 radical (unpaired) electrons. The van der Waals surface area contributed by atoms with Crippen molar-refractivity contribution in [3.8, 4) is 5.75 Å². The largest absolute Gasteiger partial charge is 0.497 e. The number of carbonyl (C=O) groups excluding carboxylic acids is 2. The fourth-order valence-electron chi connectivity index (χ4n) is 2.80. The Bertz CT molecular complexity index is 795. The Kier molecular flexibility index (Phi) is 7.67. The maximum Gasteiger partial charge on any atom is 0.242 e. The van der Waals surface area contributed by atoms with Gasteiger partial charge in [0.05, 0.1) is 13.5 Å². The molecule has 1 N–H and O–H groups in total. The molecule has 0 aliphatic heterocycles. The van der Waals surface area contributed by atoms with E-state index in [1.165, 1.54) is 0 Å². The number of hydrogen-bond donors (Lipinski definition) is 1. The highest BCUT2D eigenvalue weighted by Gasteiger charge is 2.26. The van der Waals surface area contributed by atoms with Crippen LogP contribution in [0.2, 0.25) is 5.02 Å². The number of carbonyl (C=O) groups is 2. The standard InChI is InChI=1S/C21H25ClN2O3/c1-4-23-21(26)15(2)24(14-17-8-6-10-19(12-17)27-3)20(25)13-16-7-5-9-18(22)11-16/h5-12,15H,4,13-14H2,1-3H3,(H,23,26). The van der Waals surface area contributed by atoms with Crippen LogP contribution in [0.4, 0.5) is 0 Å². The van der Waals surface area contributed by atoms with Gasteiger partial charge in [0.25, 0.3) is 0 Å². The molecule has 144 valence electrons. The third-order valence-corrected chi connectivity index (χ3v) is 4.48. The minimum atomic E-state index is -0.595. The average molecular weight is 389 g/mol. The van der Waals surface area contributed by atoms with Crippen LogP contribution in [0.3, 0.4) is 0 Å². The Morgan fingerprint density at radius 3 is 2.52 bits per heavy atom. The van der Waals surface area contributed by atoms with Gasteiger partial charge in [-0.2, -0.15) is 0 Å². The van der Waals surface area contributed by atoms with Crippen molar-refractivity contribution >= 4 is 23.4 Å². The molecule has 0 heterocycles. The molecule has 2 rings (SSSR count). The predicted octanol–water partition coefficient (Wildman–Crippen LogP) is 3.44. The van der Waals surface area contributed by atoms with E-state index in [1.807, 2.05) is 43.3 Å². The van der Waals surface area contributed by atoms with Crippen molar-refractivity contribution in [1.82, 2.24) is 10.2 Å². The van der Waals surface area contributed by atoms with Crippen molar-refractivity contribution in [2.24, 2.45) is 0 Å². The third kappa shape index (κ3) is 6.00. The summed E-state index contributed by atoms with van der Waals surface area (Å²) in [5.74, 6) is 0.388. The molecule has 1 unspecified atom stereocenters. The Morgan fingerprint density at radius 1 is 1.15 bits per heavy atom. The van der Waals surface area contributed by atoms with Gasteiger partial charge in [0, 0.05) is 18.1 Å². The number of nitrogens with one attached hydrogen (secondary N) is 1. The van der Waals surface area contributed by atoms with Gasteiger partial charge >= 0.3 is 0 Å². The molecule has 0 saturated carbocycles. The molecule has 0 saturated heterocycles. The van der Waals surface area contributed by atoms with E-state index in [-0.39, 0.29) is 18.2 Å². The molecule has 2 amide bonds. The Labute approximate surface area is 165 Å². The molecule has 1 atom stereocenters. The molecular formula is C21H25ClN2O3. The zero-order chi connectivity index (χ0) is 19.8. The Morgan fingerprint density at radius 2 is 1.85 bits per heavy atom. The van der Waals surface area contributed by atoms with Crippen LogP contribution >= 0.6 is 11.6 Å². The van der Waals surface area contributed by atoms with Gasteiger partial charge in [0.15, 0.2) is 0 Å². The van der Waals surface area contributed by atoms with Gasteiger partial charge in [0.1, 0.15) is 11.8 Å². The summed E-state index contributed by atoms with van der Waals surface area (Å²) in [5.41, 5.74) is 1.70. The van der Waals surface area contributed by atoms with E-state index in [4.69, 9.17) is 16.3 Å². The molecule has 2 aromatic rings. The third-order valence-electron chi connectivity index (χ3n) is 4.25. The fraction of sp³-hybridized carbons (Fsp3) is 0.333. The lowest BCUT2D eigenvalue weighted by Crippen LogP contribution is -2.48. The van der Waals surface area contributed by atoms with Gasteiger partial charge < -0.3 is 15.0 Å². The molecule has 0 spiro atoms. The maximum atomic E-state index is 13.0. The number of amides is 2. The monoisotopic (exact) mass is 388 g/mol. The van der Waals surface area contributed by atoms with Crippen LogP contribution in [0.5, 0.6) is 5.75 Å². The van der Waals surface area contributed by atoms with Crippen LogP contribution in [0, 0.1) is 0 Å². The van der Waals surface area contributed by atoms with Crippen molar-refractivity contribution in [3.05, 3.63) is 64.7 Å². The number of ether oxygens (including phenoxy) is 1. The molecule has 0 aliphatic carbocycles. The highest BCUT2D eigenvalue weighted by atomic mass is 35.5. The Balaban J connectivity index is 2.24. The Hall–Kier alpha value is -2.53. The minimum Gasteiger partial charge on any atom is -0.497 e. The first-order chi connectivity index (χ1) is 12.9. The molecule has 5 nitrogen and oxygen atoms in total. The van der Waals surface area contributed by atoms with Gasteiger partial charge in [-0.05, 0) is 49.2 Å². The maximum absolute atomic E-state index is 13.0. The molecule has 2 aromatic carbocycles. The van der Waals surface area contributed by atoms with Crippen molar-refractivity contribution < 1.29 is 14.3 Å². The van der Waals surface area contributed by atoms with E-state index in [0.29, 0.717) is 23.9 Å². The molecule has 0 aromatic heterocycles. The topological polar surface area (TPSA) is 58.6 Å². The second-order valence-electron chi connectivity index (χ2n) is 6.25. The number of hydrogen-bond acceptors (Lipinski definition) is 3. The van der Waals surface area contributed by atoms with E-state index in [2.05, 4.69) is 5.32 Å². The van der Waals surface area contributed by atoms with Crippen LogP contribution in [0.15, 0.2) is 48.5 Å². The van der Waals surface area contributed by atoms with E-state index in [0.717, 1.165) is 11.1 Å². The summed E-state index contributed by atoms with van der Waals surface area (Å²) >= 11 is 6.02. The van der Waals surface area contributed by atoms with Crippen LogP contribution in [-0.2, 0) is 22.6 Å². The lowest BCUT2D eigenvalue weighted by Gasteiger charge is -2.29.